The molecule has 28 heavy (non-hydrogen) atoms. The van der Waals surface area contributed by atoms with Crippen LogP contribution in [0.5, 0.6) is 5.88 Å². The Balaban J connectivity index is 1.76. The molecule has 1 aromatic carbocycles. The maximum absolute atomic E-state index is 14.1. The van der Waals surface area contributed by atoms with Gasteiger partial charge in [-0.2, -0.15) is 5.10 Å². The molecule has 4 rings (SSSR count). The molecule has 0 bridgehead atoms. The van der Waals surface area contributed by atoms with Crippen LogP contribution in [-0.4, -0.2) is 32.8 Å². The highest BCUT2D eigenvalue weighted by atomic mass is 19.1. The minimum Gasteiger partial charge on any atom is -0.481 e. The van der Waals surface area contributed by atoms with E-state index in [0.717, 1.165) is 11.1 Å². The van der Waals surface area contributed by atoms with Crippen molar-refractivity contribution in [1.82, 2.24) is 19.7 Å². The molecule has 0 unspecified atom stereocenters. The average Bonchev–Trinajstić information content (AvgIpc) is 3.09. The third-order valence-electron chi connectivity index (χ3n) is 5.08. The standard InChI is InChI=1S/C20H20FN5O2/c1-11-15(17-22-9-13-16(23-17)24-19(27)20(13,2)3)25-26(18(11)28-4)10-12-7-5-6-8-14(12)21/h5-9H,10H2,1-4H3,(H,22,23,24,27). The van der Waals surface area contributed by atoms with E-state index in [0.29, 0.717) is 28.8 Å². The van der Waals surface area contributed by atoms with Crippen molar-refractivity contribution < 1.29 is 13.9 Å². The van der Waals surface area contributed by atoms with Gasteiger partial charge in [-0.05, 0) is 26.8 Å². The minimum atomic E-state index is -0.676. The van der Waals surface area contributed by atoms with Gasteiger partial charge in [0.15, 0.2) is 5.82 Å². The number of ether oxygens (including phenoxy) is 1. The molecule has 3 aromatic rings. The molecule has 3 heterocycles. The number of carbonyl (C=O) groups is 1. The largest absolute Gasteiger partial charge is 0.481 e. The maximum atomic E-state index is 14.1. The van der Waals surface area contributed by atoms with Gasteiger partial charge in [-0.1, -0.05) is 18.2 Å². The normalized spacial score (nSPS) is 14.7. The van der Waals surface area contributed by atoms with Gasteiger partial charge in [-0.25, -0.2) is 19.0 Å². The lowest BCUT2D eigenvalue weighted by molar-refractivity contribution is -0.119. The Labute approximate surface area is 161 Å². The van der Waals surface area contributed by atoms with Gasteiger partial charge in [0.05, 0.1) is 19.1 Å². The molecule has 1 amide bonds. The van der Waals surface area contributed by atoms with Gasteiger partial charge in [0.2, 0.25) is 11.8 Å². The van der Waals surface area contributed by atoms with E-state index in [1.807, 2.05) is 20.8 Å². The molecule has 2 aromatic heterocycles. The lowest BCUT2D eigenvalue weighted by Gasteiger charge is -2.13. The molecule has 1 aliphatic rings. The summed E-state index contributed by atoms with van der Waals surface area (Å²) in [4.78, 5) is 21.1. The second-order valence-corrected chi connectivity index (χ2v) is 7.27. The number of carbonyl (C=O) groups excluding carboxylic acids is 1. The first kappa shape index (κ1) is 18.1. The second kappa shape index (κ2) is 6.40. The Kier molecular flexibility index (Phi) is 4.14. The smallest absolute Gasteiger partial charge is 0.235 e. The van der Waals surface area contributed by atoms with E-state index >= 15 is 0 Å². The van der Waals surface area contributed by atoms with Gasteiger partial charge in [0.25, 0.3) is 0 Å². The molecular formula is C20H20FN5O2. The number of fused-ring (bicyclic) bond motifs is 1. The van der Waals surface area contributed by atoms with Gasteiger partial charge in [0.1, 0.15) is 17.3 Å². The van der Waals surface area contributed by atoms with Crippen LogP contribution in [0.4, 0.5) is 10.2 Å². The Bertz CT molecular complexity index is 1090. The van der Waals surface area contributed by atoms with Gasteiger partial charge in [-0.15, -0.1) is 0 Å². The van der Waals surface area contributed by atoms with Crippen molar-refractivity contribution in [3.05, 3.63) is 53.0 Å². The summed E-state index contributed by atoms with van der Waals surface area (Å²) >= 11 is 0. The molecule has 1 N–H and O–H groups in total. The van der Waals surface area contributed by atoms with E-state index in [1.165, 1.54) is 13.2 Å². The Hall–Kier alpha value is -3.29. The van der Waals surface area contributed by atoms with Crippen molar-refractivity contribution in [1.29, 1.82) is 0 Å². The number of hydrogen-bond donors (Lipinski definition) is 1. The second-order valence-electron chi connectivity index (χ2n) is 7.27. The number of nitrogens with zero attached hydrogens (tertiary/aromatic N) is 4. The number of halogens is 1. The molecule has 0 saturated heterocycles. The molecule has 7 nitrogen and oxygen atoms in total. The zero-order valence-corrected chi connectivity index (χ0v) is 16.1. The molecule has 144 valence electrons. The molecule has 0 saturated carbocycles. The number of anilines is 1. The van der Waals surface area contributed by atoms with Crippen molar-refractivity contribution in [3.8, 4) is 17.4 Å². The molecule has 0 atom stereocenters. The predicted octanol–water partition coefficient (Wildman–Crippen LogP) is 3.07. The third-order valence-corrected chi connectivity index (χ3v) is 5.08. The number of hydrogen-bond acceptors (Lipinski definition) is 5. The van der Waals surface area contributed by atoms with Crippen molar-refractivity contribution in [2.24, 2.45) is 0 Å². The van der Waals surface area contributed by atoms with Gasteiger partial charge < -0.3 is 10.1 Å². The molecule has 0 aliphatic carbocycles. The Morgan fingerprint density at radius 3 is 2.75 bits per heavy atom. The summed E-state index contributed by atoms with van der Waals surface area (Å²) in [6, 6.07) is 6.53. The van der Waals surface area contributed by atoms with E-state index in [2.05, 4.69) is 20.4 Å². The summed E-state index contributed by atoms with van der Waals surface area (Å²) < 4.78 is 21.1. The first-order chi connectivity index (χ1) is 13.3. The summed E-state index contributed by atoms with van der Waals surface area (Å²) in [5, 5.41) is 7.35. The number of methoxy groups -OCH3 is 1. The van der Waals surface area contributed by atoms with Gasteiger partial charge >= 0.3 is 0 Å². The predicted molar refractivity (Wildman–Crippen MR) is 102 cm³/mol. The lowest BCUT2D eigenvalue weighted by Crippen LogP contribution is -2.26. The lowest BCUT2D eigenvalue weighted by atomic mass is 9.88. The van der Waals surface area contributed by atoms with Crippen LogP contribution in [0.15, 0.2) is 30.5 Å². The minimum absolute atomic E-state index is 0.117. The first-order valence-electron chi connectivity index (χ1n) is 8.87. The van der Waals surface area contributed by atoms with Crippen molar-refractivity contribution in [2.75, 3.05) is 12.4 Å². The average molecular weight is 381 g/mol. The molecule has 0 fully saturated rings. The summed E-state index contributed by atoms with van der Waals surface area (Å²) in [5.41, 5.74) is 1.83. The van der Waals surface area contributed by atoms with Crippen molar-refractivity contribution >= 4 is 11.7 Å². The van der Waals surface area contributed by atoms with Crippen LogP contribution >= 0.6 is 0 Å². The van der Waals surface area contributed by atoms with Crippen LogP contribution in [0.25, 0.3) is 11.5 Å². The summed E-state index contributed by atoms with van der Waals surface area (Å²) in [6.07, 6.45) is 1.65. The van der Waals surface area contributed by atoms with Crippen LogP contribution in [0.3, 0.4) is 0 Å². The highest BCUT2D eigenvalue weighted by Gasteiger charge is 2.40. The SMILES string of the molecule is COc1c(C)c(-c2ncc3c(n2)NC(=O)C3(C)C)nn1Cc1ccccc1F. The van der Waals surface area contributed by atoms with Crippen molar-refractivity contribution in [2.45, 2.75) is 32.7 Å². The van der Waals surface area contributed by atoms with Gasteiger partial charge in [0, 0.05) is 22.9 Å². The van der Waals surface area contributed by atoms with Crippen molar-refractivity contribution in [3.63, 3.8) is 0 Å². The van der Waals surface area contributed by atoms with Crippen LogP contribution in [0.1, 0.15) is 30.5 Å². The van der Waals surface area contributed by atoms with E-state index < -0.39 is 5.41 Å². The fraction of sp³-hybridized carbons (Fsp3) is 0.300. The number of aromatic nitrogens is 4. The first-order valence-corrected chi connectivity index (χ1v) is 8.87. The molecular weight excluding hydrogens is 361 g/mol. The van der Waals surface area contributed by atoms with Crippen LogP contribution < -0.4 is 10.1 Å². The highest BCUT2D eigenvalue weighted by molar-refractivity contribution is 6.04. The zero-order chi connectivity index (χ0) is 20.1. The topological polar surface area (TPSA) is 81.9 Å². The van der Waals surface area contributed by atoms with E-state index in [-0.39, 0.29) is 18.3 Å². The van der Waals surface area contributed by atoms with E-state index in [9.17, 15) is 9.18 Å². The molecule has 8 heteroatoms. The van der Waals surface area contributed by atoms with E-state index in [4.69, 9.17) is 4.74 Å². The number of nitrogens with one attached hydrogen (secondary N) is 1. The van der Waals surface area contributed by atoms with Crippen LogP contribution in [-0.2, 0) is 16.8 Å². The van der Waals surface area contributed by atoms with E-state index in [1.54, 1.807) is 29.1 Å². The van der Waals surface area contributed by atoms with Crippen LogP contribution in [0.2, 0.25) is 0 Å². The molecule has 1 aliphatic heterocycles. The quantitative estimate of drug-likeness (QED) is 0.751. The molecule has 0 radical (unpaired) electrons. The summed E-state index contributed by atoms with van der Waals surface area (Å²) in [6.45, 7) is 5.72. The number of rotatable bonds is 4. The number of benzene rings is 1. The fourth-order valence-corrected chi connectivity index (χ4v) is 3.34. The number of amides is 1. The Morgan fingerprint density at radius 1 is 1.29 bits per heavy atom. The molecule has 0 spiro atoms. The zero-order valence-electron chi connectivity index (χ0n) is 16.1. The van der Waals surface area contributed by atoms with Crippen LogP contribution in [0, 0.1) is 12.7 Å². The summed E-state index contributed by atoms with van der Waals surface area (Å²) in [5.74, 6) is 0.944. The third kappa shape index (κ3) is 2.72. The highest BCUT2D eigenvalue weighted by Crippen LogP contribution is 2.37. The van der Waals surface area contributed by atoms with Gasteiger partial charge in [-0.3, -0.25) is 4.79 Å². The maximum Gasteiger partial charge on any atom is 0.235 e. The fourth-order valence-electron chi connectivity index (χ4n) is 3.34. The monoisotopic (exact) mass is 381 g/mol. The summed E-state index contributed by atoms with van der Waals surface area (Å²) in [7, 11) is 1.54. The Morgan fingerprint density at radius 2 is 2.04 bits per heavy atom.